The highest BCUT2D eigenvalue weighted by Crippen LogP contribution is 2.12. The number of pyridine rings is 1. The van der Waals surface area contributed by atoms with E-state index in [1.807, 2.05) is 0 Å². The van der Waals surface area contributed by atoms with E-state index in [1.165, 1.54) is 20.4 Å². The Morgan fingerprint density at radius 2 is 2.12 bits per heavy atom. The summed E-state index contributed by atoms with van der Waals surface area (Å²) in [4.78, 5) is 3.88. The standard InChI is InChI=1S/C9H14N2O4S/c1-14-5-6-16(12,13)11-8-3-4-9(15-2)10-7-8/h3-4,7,11H,5-6H2,1-2H3. The molecule has 0 bridgehead atoms. The van der Waals surface area contributed by atoms with Gasteiger partial charge in [-0.2, -0.15) is 0 Å². The molecule has 0 saturated carbocycles. The van der Waals surface area contributed by atoms with Crippen molar-refractivity contribution in [3.8, 4) is 5.88 Å². The van der Waals surface area contributed by atoms with E-state index in [9.17, 15) is 8.42 Å². The number of nitrogens with one attached hydrogen (secondary N) is 1. The molecule has 16 heavy (non-hydrogen) atoms. The number of anilines is 1. The minimum absolute atomic E-state index is 0.0878. The number of hydrogen-bond acceptors (Lipinski definition) is 5. The van der Waals surface area contributed by atoms with E-state index in [4.69, 9.17) is 9.47 Å². The van der Waals surface area contributed by atoms with Gasteiger partial charge in [0.1, 0.15) is 0 Å². The zero-order chi connectivity index (χ0) is 12.0. The SMILES string of the molecule is COCCS(=O)(=O)Nc1ccc(OC)nc1. The largest absolute Gasteiger partial charge is 0.481 e. The minimum Gasteiger partial charge on any atom is -0.481 e. The van der Waals surface area contributed by atoms with Gasteiger partial charge in [0, 0.05) is 13.2 Å². The van der Waals surface area contributed by atoms with Crippen molar-refractivity contribution in [1.82, 2.24) is 4.98 Å². The van der Waals surface area contributed by atoms with Crippen LogP contribution in [0.25, 0.3) is 0 Å². The molecule has 0 aliphatic rings. The van der Waals surface area contributed by atoms with E-state index < -0.39 is 10.0 Å². The molecule has 0 aromatic carbocycles. The van der Waals surface area contributed by atoms with Crippen LogP contribution in [0.1, 0.15) is 0 Å². The second-order valence-electron chi connectivity index (χ2n) is 3.00. The number of aromatic nitrogens is 1. The van der Waals surface area contributed by atoms with Crippen LogP contribution in [0.2, 0.25) is 0 Å². The Morgan fingerprint density at radius 1 is 1.38 bits per heavy atom. The van der Waals surface area contributed by atoms with Crippen molar-refractivity contribution in [3.63, 3.8) is 0 Å². The zero-order valence-corrected chi connectivity index (χ0v) is 9.95. The highest BCUT2D eigenvalue weighted by Gasteiger charge is 2.09. The van der Waals surface area contributed by atoms with Crippen LogP contribution in [0.5, 0.6) is 5.88 Å². The summed E-state index contributed by atoms with van der Waals surface area (Å²) in [5, 5.41) is 0. The van der Waals surface area contributed by atoms with Crippen molar-refractivity contribution >= 4 is 15.7 Å². The Hall–Kier alpha value is -1.34. The maximum atomic E-state index is 11.5. The summed E-state index contributed by atoms with van der Waals surface area (Å²) in [7, 11) is -0.432. The number of rotatable bonds is 6. The Balaban J connectivity index is 2.65. The Labute approximate surface area is 94.6 Å². The lowest BCUT2D eigenvalue weighted by atomic mass is 10.4. The first-order valence-electron chi connectivity index (χ1n) is 4.57. The molecule has 0 saturated heterocycles. The fourth-order valence-corrected chi connectivity index (χ4v) is 1.95. The van der Waals surface area contributed by atoms with Crippen LogP contribution in [0.15, 0.2) is 18.3 Å². The molecule has 0 radical (unpaired) electrons. The van der Waals surface area contributed by atoms with Gasteiger partial charge in [0.05, 0.1) is 31.4 Å². The molecule has 0 atom stereocenters. The monoisotopic (exact) mass is 246 g/mol. The summed E-state index contributed by atoms with van der Waals surface area (Å²) >= 11 is 0. The predicted octanol–water partition coefficient (Wildman–Crippen LogP) is 0.478. The smallest absolute Gasteiger partial charge is 0.235 e. The summed E-state index contributed by atoms with van der Waals surface area (Å²) in [5.74, 6) is 0.343. The molecule has 1 aromatic rings. The average Bonchev–Trinajstić information content (AvgIpc) is 2.27. The molecular formula is C9H14N2O4S. The van der Waals surface area contributed by atoms with Gasteiger partial charge in [-0.05, 0) is 6.07 Å². The van der Waals surface area contributed by atoms with Crippen molar-refractivity contribution in [3.05, 3.63) is 18.3 Å². The molecule has 0 aliphatic heterocycles. The molecule has 0 amide bonds. The van der Waals surface area contributed by atoms with Gasteiger partial charge in [-0.15, -0.1) is 0 Å². The van der Waals surface area contributed by atoms with Crippen molar-refractivity contribution in [2.75, 3.05) is 31.3 Å². The third-order valence-corrected chi connectivity index (χ3v) is 3.03. The molecule has 1 heterocycles. The molecule has 0 aliphatic carbocycles. The Bertz CT molecular complexity index is 416. The lowest BCUT2D eigenvalue weighted by molar-refractivity contribution is 0.217. The number of methoxy groups -OCH3 is 2. The molecular weight excluding hydrogens is 232 g/mol. The second-order valence-corrected chi connectivity index (χ2v) is 4.84. The summed E-state index contributed by atoms with van der Waals surface area (Å²) in [6.07, 6.45) is 1.39. The molecule has 0 spiro atoms. The van der Waals surface area contributed by atoms with Gasteiger partial charge in [0.15, 0.2) is 0 Å². The molecule has 6 nitrogen and oxygen atoms in total. The Kier molecular flexibility index (Phi) is 4.51. The van der Waals surface area contributed by atoms with Gasteiger partial charge in [-0.3, -0.25) is 4.72 Å². The van der Waals surface area contributed by atoms with Crippen LogP contribution < -0.4 is 9.46 Å². The highest BCUT2D eigenvalue weighted by atomic mass is 32.2. The zero-order valence-electron chi connectivity index (χ0n) is 9.13. The minimum atomic E-state index is -3.37. The van der Waals surface area contributed by atoms with Gasteiger partial charge >= 0.3 is 0 Å². The van der Waals surface area contributed by atoms with Crippen molar-refractivity contribution in [1.29, 1.82) is 0 Å². The molecule has 0 unspecified atom stereocenters. The van der Waals surface area contributed by atoms with Crippen LogP contribution in [-0.2, 0) is 14.8 Å². The van der Waals surface area contributed by atoms with Gasteiger partial charge in [0.25, 0.3) is 0 Å². The lowest BCUT2D eigenvalue weighted by Gasteiger charge is -2.07. The summed E-state index contributed by atoms with van der Waals surface area (Å²) < 4.78 is 34.9. The second kappa shape index (κ2) is 5.66. The predicted molar refractivity (Wildman–Crippen MR) is 60.1 cm³/mol. The summed E-state index contributed by atoms with van der Waals surface area (Å²) in [6.45, 7) is 0.152. The number of nitrogens with zero attached hydrogens (tertiary/aromatic N) is 1. The van der Waals surface area contributed by atoms with Crippen molar-refractivity contribution < 1.29 is 17.9 Å². The van der Waals surface area contributed by atoms with Gasteiger partial charge < -0.3 is 9.47 Å². The molecule has 1 aromatic heterocycles. The van der Waals surface area contributed by atoms with Crippen LogP contribution in [-0.4, -0.2) is 40.0 Å². The number of sulfonamides is 1. The first kappa shape index (κ1) is 12.7. The van der Waals surface area contributed by atoms with E-state index in [2.05, 4.69) is 9.71 Å². The third-order valence-electron chi connectivity index (χ3n) is 1.78. The van der Waals surface area contributed by atoms with Gasteiger partial charge in [-0.25, -0.2) is 13.4 Å². The third kappa shape index (κ3) is 4.03. The molecule has 0 fully saturated rings. The normalized spacial score (nSPS) is 11.1. The first-order chi connectivity index (χ1) is 7.57. The molecule has 1 N–H and O–H groups in total. The van der Waals surface area contributed by atoms with Crippen molar-refractivity contribution in [2.45, 2.75) is 0 Å². The van der Waals surface area contributed by atoms with Crippen LogP contribution >= 0.6 is 0 Å². The summed E-state index contributed by atoms with van der Waals surface area (Å²) in [5.41, 5.74) is 0.400. The van der Waals surface area contributed by atoms with E-state index in [0.717, 1.165) is 0 Å². The number of hydrogen-bond donors (Lipinski definition) is 1. The highest BCUT2D eigenvalue weighted by molar-refractivity contribution is 7.92. The van der Waals surface area contributed by atoms with E-state index >= 15 is 0 Å². The van der Waals surface area contributed by atoms with E-state index in [1.54, 1.807) is 12.1 Å². The lowest BCUT2D eigenvalue weighted by Crippen LogP contribution is -2.19. The van der Waals surface area contributed by atoms with Crippen LogP contribution in [0.3, 0.4) is 0 Å². The van der Waals surface area contributed by atoms with Crippen molar-refractivity contribution in [2.24, 2.45) is 0 Å². The van der Waals surface area contributed by atoms with Crippen LogP contribution in [0.4, 0.5) is 5.69 Å². The fourth-order valence-electron chi connectivity index (χ4n) is 0.985. The van der Waals surface area contributed by atoms with Gasteiger partial charge in [0.2, 0.25) is 15.9 Å². The van der Waals surface area contributed by atoms with E-state index in [-0.39, 0.29) is 12.4 Å². The van der Waals surface area contributed by atoms with Crippen LogP contribution in [0, 0.1) is 0 Å². The maximum absolute atomic E-state index is 11.5. The number of ether oxygens (including phenoxy) is 2. The maximum Gasteiger partial charge on any atom is 0.235 e. The summed E-state index contributed by atoms with van der Waals surface area (Å²) in [6, 6.07) is 3.16. The average molecular weight is 246 g/mol. The molecule has 90 valence electrons. The topological polar surface area (TPSA) is 77.5 Å². The fraction of sp³-hybridized carbons (Fsp3) is 0.444. The quantitative estimate of drug-likeness (QED) is 0.790. The van der Waals surface area contributed by atoms with E-state index in [0.29, 0.717) is 11.6 Å². The Morgan fingerprint density at radius 3 is 2.62 bits per heavy atom. The first-order valence-corrected chi connectivity index (χ1v) is 6.22. The molecule has 1 rings (SSSR count). The molecule has 7 heteroatoms. The van der Waals surface area contributed by atoms with Gasteiger partial charge in [-0.1, -0.05) is 0 Å².